The van der Waals surface area contributed by atoms with Crippen molar-refractivity contribution in [2.24, 2.45) is 5.92 Å². The van der Waals surface area contributed by atoms with Gasteiger partial charge in [-0.25, -0.2) is 0 Å². The average Bonchev–Trinajstić information content (AvgIpc) is 2.85. The first kappa shape index (κ1) is 26.1. The lowest BCUT2D eigenvalue weighted by Crippen LogP contribution is -2.76. The van der Waals surface area contributed by atoms with Gasteiger partial charge in [0.05, 0.1) is 26.4 Å². The number of pyridine rings is 1. The number of benzene rings is 1. The SMILES string of the molecule is COCOC1(Cc2cc(OC)c(COCc3ccccc3)cn2)C(=O)N(COC)C1CC(C)C. The number of rotatable bonds is 14. The Balaban J connectivity index is 1.77. The van der Waals surface area contributed by atoms with E-state index in [-0.39, 0.29) is 25.5 Å². The third-order valence-electron chi connectivity index (χ3n) is 5.97. The number of methoxy groups -OCH3 is 3. The van der Waals surface area contributed by atoms with Gasteiger partial charge in [-0.15, -0.1) is 0 Å². The van der Waals surface area contributed by atoms with Crippen molar-refractivity contribution in [1.29, 1.82) is 0 Å². The molecule has 2 aromatic rings. The topological polar surface area (TPSA) is 79.3 Å². The van der Waals surface area contributed by atoms with Gasteiger partial charge >= 0.3 is 0 Å². The van der Waals surface area contributed by atoms with Gasteiger partial charge in [0.15, 0.2) is 5.60 Å². The minimum atomic E-state index is -1.05. The fourth-order valence-corrected chi connectivity index (χ4v) is 4.35. The quantitative estimate of drug-likeness (QED) is 0.307. The monoisotopic (exact) mass is 472 g/mol. The third kappa shape index (κ3) is 5.93. The Morgan fingerprint density at radius 2 is 1.85 bits per heavy atom. The van der Waals surface area contributed by atoms with Gasteiger partial charge in [-0.1, -0.05) is 44.2 Å². The molecule has 1 aromatic heterocycles. The Morgan fingerprint density at radius 3 is 2.50 bits per heavy atom. The van der Waals surface area contributed by atoms with E-state index in [1.54, 1.807) is 32.4 Å². The summed E-state index contributed by atoms with van der Waals surface area (Å²) in [6.07, 6.45) is 2.84. The van der Waals surface area contributed by atoms with Gasteiger partial charge in [0.1, 0.15) is 19.3 Å². The molecule has 1 aliphatic rings. The Hall–Kier alpha value is -2.52. The molecule has 1 aromatic carbocycles. The predicted octanol–water partition coefficient (Wildman–Crippen LogP) is 3.57. The fraction of sp³-hybridized carbons (Fsp3) is 0.538. The molecule has 0 spiro atoms. The first-order chi connectivity index (χ1) is 16.4. The van der Waals surface area contributed by atoms with Gasteiger partial charge in [-0.2, -0.15) is 0 Å². The molecule has 1 fully saturated rings. The van der Waals surface area contributed by atoms with E-state index in [0.29, 0.717) is 37.0 Å². The van der Waals surface area contributed by atoms with Crippen LogP contribution in [0.3, 0.4) is 0 Å². The number of ether oxygens (including phenoxy) is 5. The van der Waals surface area contributed by atoms with E-state index < -0.39 is 5.60 Å². The lowest BCUT2D eigenvalue weighted by Gasteiger charge is -2.55. The van der Waals surface area contributed by atoms with Gasteiger partial charge in [-0.05, 0) is 17.9 Å². The summed E-state index contributed by atoms with van der Waals surface area (Å²) in [5, 5.41) is 0. The van der Waals surface area contributed by atoms with Crippen molar-refractivity contribution < 1.29 is 28.5 Å². The van der Waals surface area contributed by atoms with Crippen molar-refractivity contribution in [3.05, 3.63) is 59.4 Å². The molecular formula is C26H36N2O6. The van der Waals surface area contributed by atoms with E-state index in [1.165, 1.54) is 0 Å². The van der Waals surface area contributed by atoms with Crippen molar-refractivity contribution in [1.82, 2.24) is 9.88 Å². The van der Waals surface area contributed by atoms with Crippen LogP contribution in [0.15, 0.2) is 42.6 Å². The second-order valence-electron chi connectivity index (χ2n) is 8.92. The molecule has 0 saturated carbocycles. The van der Waals surface area contributed by atoms with E-state index in [0.717, 1.165) is 17.5 Å². The van der Waals surface area contributed by atoms with Crippen LogP contribution in [0.2, 0.25) is 0 Å². The Morgan fingerprint density at radius 1 is 1.09 bits per heavy atom. The maximum Gasteiger partial charge on any atom is 0.259 e. The number of carbonyl (C=O) groups is 1. The summed E-state index contributed by atoms with van der Waals surface area (Å²) in [6, 6.07) is 11.7. The molecule has 2 heterocycles. The highest BCUT2D eigenvalue weighted by Gasteiger charge is 2.62. The number of aromatic nitrogens is 1. The van der Waals surface area contributed by atoms with Crippen LogP contribution in [0.25, 0.3) is 0 Å². The highest BCUT2D eigenvalue weighted by atomic mass is 16.7. The zero-order valence-electron chi connectivity index (χ0n) is 20.8. The van der Waals surface area contributed by atoms with E-state index in [1.807, 2.05) is 36.4 Å². The van der Waals surface area contributed by atoms with Crippen molar-refractivity contribution >= 4 is 5.91 Å². The molecule has 1 saturated heterocycles. The molecule has 0 aliphatic carbocycles. The van der Waals surface area contributed by atoms with Crippen molar-refractivity contribution in [3.8, 4) is 5.75 Å². The van der Waals surface area contributed by atoms with Crippen molar-refractivity contribution in [3.63, 3.8) is 0 Å². The molecular weight excluding hydrogens is 436 g/mol. The van der Waals surface area contributed by atoms with Gasteiger partial charge in [-0.3, -0.25) is 9.78 Å². The highest BCUT2D eigenvalue weighted by molar-refractivity contribution is 5.93. The smallest absolute Gasteiger partial charge is 0.259 e. The molecule has 0 radical (unpaired) electrons. The second kappa shape index (κ2) is 12.3. The van der Waals surface area contributed by atoms with Crippen LogP contribution in [0.4, 0.5) is 0 Å². The van der Waals surface area contributed by atoms with Crippen molar-refractivity contribution in [2.75, 3.05) is 34.9 Å². The second-order valence-corrected chi connectivity index (χ2v) is 8.92. The minimum Gasteiger partial charge on any atom is -0.496 e. The number of hydrogen-bond acceptors (Lipinski definition) is 7. The molecule has 0 bridgehead atoms. The molecule has 186 valence electrons. The first-order valence-electron chi connectivity index (χ1n) is 11.5. The molecule has 34 heavy (non-hydrogen) atoms. The zero-order chi connectivity index (χ0) is 24.6. The normalized spacial score (nSPS) is 20.0. The first-order valence-corrected chi connectivity index (χ1v) is 11.5. The molecule has 2 unspecified atom stereocenters. The number of carbonyl (C=O) groups excluding carboxylic acids is 1. The van der Waals surface area contributed by atoms with Crippen LogP contribution < -0.4 is 4.74 Å². The zero-order valence-corrected chi connectivity index (χ0v) is 20.8. The summed E-state index contributed by atoms with van der Waals surface area (Å²) < 4.78 is 28.0. The van der Waals surface area contributed by atoms with Gasteiger partial charge < -0.3 is 28.6 Å². The number of nitrogens with zero attached hydrogens (tertiary/aromatic N) is 2. The van der Waals surface area contributed by atoms with Crippen LogP contribution in [0.1, 0.15) is 37.1 Å². The summed E-state index contributed by atoms with van der Waals surface area (Å²) in [6.45, 7) is 5.36. The lowest BCUT2D eigenvalue weighted by molar-refractivity contribution is -0.235. The largest absolute Gasteiger partial charge is 0.496 e. The standard InChI is InChI=1S/C26H36N2O6/c1-19(2)11-24-26(34-18-31-4,25(29)28(24)17-30-3)13-22-12-23(32-5)21(14-27-22)16-33-15-20-9-7-6-8-10-20/h6-10,12,14,19,24H,11,13,15-18H2,1-5H3. The molecule has 2 atom stereocenters. The van der Waals surface area contributed by atoms with Crippen LogP contribution in [-0.4, -0.2) is 62.3 Å². The Kier molecular flexibility index (Phi) is 9.41. The van der Waals surface area contributed by atoms with Gasteiger partial charge in [0.2, 0.25) is 0 Å². The average molecular weight is 473 g/mol. The molecule has 8 nitrogen and oxygen atoms in total. The fourth-order valence-electron chi connectivity index (χ4n) is 4.35. The van der Waals surface area contributed by atoms with Crippen LogP contribution in [-0.2, 0) is 43.4 Å². The molecule has 8 heteroatoms. The maximum absolute atomic E-state index is 13.3. The van der Waals surface area contributed by atoms with Gasteiger partial charge in [0.25, 0.3) is 5.91 Å². The van der Waals surface area contributed by atoms with E-state index in [4.69, 9.17) is 23.7 Å². The molecule has 1 aliphatic heterocycles. The third-order valence-corrected chi connectivity index (χ3v) is 5.97. The van der Waals surface area contributed by atoms with Crippen LogP contribution in [0, 0.1) is 5.92 Å². The van der Waals surface area contributed by atoms with E-state index >= 15 is 0 Å². The Bertz CT molecular complexity index is 923. The number of β-lactam (4-membered cyclic amide) rings is 1. The molecule has 1 amide bonds. The molecule has 0 N–H and O–H groups in total. The summed E-state index contributed by atoms with van der Waals surface area (Å²) in [5.74, 6) is 0.920. The highest BCUT2D eigenvalue weighted by Crippen LogP contribution is 2.41. The molecule has 3 rings (SSSR count). The summed E-state index contributed by atoms with van der Waals surface area (Å²) in [7, 11) is 4.75. The van der Waals surface area contributed by atoms with Gasteiger partial charge in [0, 0.05) is 44.2 Å². The minimum absolute atomic E-state index is 0.0176. The Labute approximate surface area is 202 Å². The number of amides is 1. The summed E-state index contributed by atoms with van der Waals surface area (Å²) in [4.78, 5) is 19.6. The number of likely N-dealkylation sites (tertiary alicyclic amines) is 1. The maximum atomic E-state index is 13.3. The summed E-state index contributed by atoms with van der Waals surface area (Å²) >= 11 is 0. The van der Waals surface area contributed by atoms with E-state index in [2.05, 4.69) is 18.8 Å². The van der Waals surface area contributed by atoms with Crippen LogP contribution in [0.5, 0.6) is 5.75 Å². The van der Waals surface area contributed by atoms with Crippen molar-refractivity contribution in [2.45, 2.75) is 51.5 Å². The summed E-state index contributed by atoms with van der Waals surface area (Å²) in [5.41, 5.74) is 1.60. The lowest BCUT2D eigenvalue weighted by atomic mass is 9.75. The van der Waals surface area contributed by atoms with E-state index in [9.17, 15) is 4.79 Å². The van der Waals surface area contributed by atoms with Crippen LogP contribution >= 0.6 is 0 Å². The number of hydrogen-bond donors (Lipinski definition) is 0. The predicted molar refractivity (Wildman–Crippen MR) is 127 cm³/mol.